The first-order valence-corrected chi connectivity index (χ1v) is 7.55. The highest BCUT2D eigenvalue weighted by molar-refractivity contribution is 5.47. The highest BCUT2D eigenvalue weighted by Gasteiger charge is 2.48. The van der Waals surface area contributed by atoms with Gasteiger partial charge >= 0.3 is 0 Å². The van der Waals surface area contributed by atoms with E-state index in [4.69, 9.17) is 4.74 Å². The van der Waals surface area contributed by atoms with E-state index >= 15 is 0 Å². The van der Waals surface area contributed by atoms with Crippen LogP contribution in [0.25, 0.3) is 0 Å². The maximum absolute atomic E-state index is 5.79. The standard InChI is InChI=1S/C17H28N2O/c1-6-20-16-11-15(17(16,2)3)18-14-9-7-8-13(10-14)12-19(4)5/h7-10,15-16,18H,6,11-12H2,1-5H3. The van der Waals surface area contributed by atoms with Crippen LogP contribution in [0.4, 0.5) is 5.69 Å². The molecule has 1 saturated carbocycles. The second kappa shape index (κ2) is 6.15. The van der Waals surface area contributed by atoms with Gasteiger partial charge in [-0.25, -0.2) is 0 Å². The number of nitrogens with one attached hydrogen (secondary N) is 1. The Bertz CT molecular complexity index is 442. The molecule has 20 heavy (non-hydrogen) atoms. The van der Waals surface area contributed by atoms with Crippen molar-refractivity contribution in [3.05, 3.63) is 29.8 Å². The molecule has 0 amide bonds. The predicted octanol–water partition coefficient (Wildman–Crippen LogP) is 3.36. The summed E-state index contributed by atoms with van der Waals surface area (Å²) in [6, 6.07) is 9.22. The van der Waals surface area contributed by atoms with Crippen molar-refractivity contribution in [2.75, 3.05) is 26.0 Å². The highest BCUT2D eigenvalue weighted by Crippen LogP contribution is 2.44. The third-order valence-electron chi connectivity index (χ3n) is 4.31. The molecule has 0 spiro atoms. The molecule has 1 aromatic carbocycles. The van der Waals surface area contributed by atoms with E-state index in [0.29, 0.717) is 12.1 Å². The monoisotopic (exact) mass is 276 g/mol. The van der Waals surface area contributed by atoms with Crippen molar-refractivity contribution in [3.8, 4) is 0 Å². The first-order valence-electron chi connectivity index (χ1n) is 7.55. The zero-order chi connectivity index (χ0) is 14.8. The Labute approximate surface area is 123 Å². The van der Waals surface area contributed by atoms with Gasteiger partial charge < -0.3 is 15.0 Å². The van der Waals surface area contributed by atoms with Crippen LogP contribution in [-0.2, 0) is 11.3 Å². The second-order valence-electron chi connectivity index (χ2n) is 6.64. The van der Waals surface area contributed by atoms with Crippen LogP contribution in [-0.4, -0.2) is 37.7 Å². The topological polar surface area (TPSA) is 24.5 Å². The largest absolute Gasteiger partial charge is 0.382 e. The maximum atomic E-state index is 5.79. The number of benzene rings is 1. The van der Waals surface area contributed by atoms with Crippen LogP contribution in [0.2, 0.25) is 0 Å². The third-order valence-corrected chi connectivity index (χ3v) is 4.31. The lowest BCUT2D eigenvalue weighted by molar-refractivity contribution is -0.0975. The van der Waals surface area contributed by atoms with Crippen molar-refractivity contribution in [2.24, 2.45) is 5.41 Å². The lowest BCUT2D eigenvalue weighted by atomic mass is 9.64. The molecule has 0 radical (unpaired) electrons. The summed E-state index contributed by atoms with van der Waals surface area (Å²) in [5, 5.41) is 3.67. The summed E-state index contributed by atoms with van der Waals surface area (Å²) in [5.74, 6) is 0. The molecular formula is C17H28N2O. The first kappa shape index (κ1) is 15.3. The van der Waals surface area contributed by atoms with Crippen molar-refractivity contribution in [1.29, 1.82) is 0 Å². The number of hydrogen-bond donors (Lipinski definition) is 1. The van der Waals surface area contributed by atoms with Gasteiger partial charge in [0.25, 0.3) is 0 Å². The van der Waals surface area contributed by atoms with E-state index in [2.05, 4.69) is 69.3 Å². The van der Waals surface area contributed by atoms with Gasteiger partial charge in [-0.3, -0.25) is 0 Å². The minimum Gasteiger partial charge on any atom is -0.382 e. The van der Waals surface area contributed by atoms with Crippen molar-refractivity contribution >= 4 is 5.69 Å². The second-order valence-corrected chi connectivity index (χ2v) is 6.64. The number of ether oxygens (including phenoxy) is 1. The van der Waals surface area contributed by atoms with E-state index in [0.717, 1.165) is 19.6 Å². The molecule has 2 rings (SSSR count). The summed E-state index contributed by atoms with van der Waals surface area (Å²) in [4.78, 5) is 2.19. The molecule has 1 N–H and O–H groups in total. The molecule has 1 aliphatic rings. The van der Waals surface area contributed by atoms with Crippen LogP contribution >= 0.6 is 0 Å². The minimum atomic E-state index is 0.202. The average molecular weight is 276 g/mol. The lowest BCUT2D eigenvalue weighted by Crippen LogP contribution is -2.58. The summed E-state index contributed by atoms with van der Waals surface area (Å²) in [6.45, 7) is 8.43. The van der Waals surface area contributed by atoms with E-state index in [9.17, 15) is 0 Å². The molecular weight excluding hydrogens is 248 g/mol. The smallest absolute Gasteiger partial charge is 0.0665 e. The van der Waals surface area contributed by atoms with Crippen LogP contribution < -0.4 is 5.32 Å². The van der Waals surface area contributed by atoms with Gasteiger partial charge in [-0.1, -0.05) is 26.0 Å². The molecule has 2 unspecified atom stereocenters. The predicted molar refractivity (Wildman–Crippen MR) is 85.1 cm³/mol. The summed E-state index contributed by atoms with van der Waals surface area (Å²) in [5.41, 5.74) is 2.77. The normalized spacial score (nSPS) is 24.5. The van der Waals surface area contributed by atoms with Crippen molar-refractivity contribution in [2.45, 2.75) is 45.9 Å². The lowest BCUT2D eigenvalue weighted by Gasteiger charge is -2.52. The molecule has 3 nitrogen and oxygen atoms in total. The third kappa shape index (κ3) is 3.33. The van der Waals surface area contributed by atoms with Gasteiger partial charge in [-0.2, -0.15) is 0 Å². The molecule has 2 atom stereocenters. The van der Waals surface area contributed by atoms with Crippen LogP contribution in [0.1, 0.15) is 32.8 Å². The van der Waals surface area contributed by atoms with Crippen LogP contribution in [0.3, 0.4) is 0 Å². The number of rotatable bonds is 6. The maximum Gasteiger partial charge on any atom is 0.0665 e. The van der Waals surface area contributed by atoms with Crippen molar-refractivity contribution < 1.29 is 4.74 Å². The van der Waals surface area contributed by atoms with E-state index in [1.54, 1.807) is 0 Å². The Morgan fingerprint density at radius 3 is 2.70 bits per heavy atom. The molecule has 1 aliphatic carbocycles. The molecule has 0 aliphatic heterocycles. The molecule has 0 aromatic heterocycles. The van der Waals surface area contributed by atoms with E-state index < -0.39 is 0 Å². The fraction of sp³-hybridized carbons (Fsp3) is 0.647. The Morgan fingerprint density at radius 2 is 2.10 bits per heavy atom. The van der Waals surface area contributed by atoms with Gasteiger partial charge in [-0.05, 0) is 45.1 Å². The van der Waals surface area contributed by atoms with Gasteiger partial charge in [0.15, 0.2) is 0 Å². The number of hydrogen-bond acceptors (Lipinski definition) is 3. The minimum absolute atomic E-state index is 0.202. The summed E-state index contributed by atoms with van der Waals surface area (Å²) in [7, 11) is 4.20. The fourth-order valence-electron chi connectivity index (χ4n) is 2.94. The van der Waals surface area contributed by atoms with Gasteiger partial charge in [-0.15, -0.1) is 0 Å². The number of nitrogens with zero attached hydrogens (tertiary/aromatic N) is 1. The SMILES string of the molecule is CCOC1CC(Nc2cccc(CN(C)C)c2)C1(C)C. The van der Waals surface area contributed by atoms with Crippen molar-refractivity contribution in [3.63, 3.8) is 0 Å². The van der Waals surface area contributed by atoms with Gasteiger partial charge in [0.05, 0.1) is 6.10 Å². The zero-order valence-electron chi connectivity index (χ0n) is 13.4. The van der Waals surface area contributed by atoms with E-state index in [1.807, 2.05) is 0 Å². The summed E-state index contributed by atoms with van der Waals surface area (Å²) >= 11 is 0. The molecule has 1 fully saturated rings. The van der Waals surface area contributed by atoms with E-state index in [-0.39, 0.29) is 5.41 Å². The van der Waals surface area contributed by atoms with E-state index in [1.165, 1.54) is 11.3 Å². The summed E-state index contributed by atoms with van der Waals surface area (Å²) in [6.07, 6.45) is 1.48. The van der Waals surface area contributed by atoms with Crippen LogP contribution in [0.5, 0.6) is 0 Å². The van der Waals surface area contributed by atoms with Gasteiger partial charge in [0.2, 0.25) is 0 Å². The number of anilines is 1. The molecule has 0 bridgehead atoms. The quantitative estimate of drug-likeness (QED) is 0.862. The van der Waals surface area contributed by atoms with Gasteiger partial charge in [0, 0.05) is 30.3 Å². The highest BCUT2D eigenvalue weighted by atomic mass is 16.5. The zero-order valence-corrected chi connectivity index (χ0v) is 13.4. The van der Waals surface area contributed by atoms with Crippen molar-refractivity contribution in [1.82, 2.24) is 4.90 Å². The van der Waals surface area contributed by atoms with Gasteiger partial charge in [0.1, 0.15) is 0 Å². The Morgan fingerprint density at radius 1 is 1.35 bits per heavy atom. The van der Waals surface area contributed by atoms with Crippen LogP contribution in [0, 0.1) is 5.41 Å². The fourth-order valence-corrected chi connectivity index (χ4v) is 2.94. The molecule has 0 saturated heterocycles. The average Bonchev–Trinajstić information content (AvgIpc) is 2.37. The molecule has 1 aromatic rings. The summed E-state index contributed by atoms with van der Waals surface area (Å²) < 4.78 is 5.79. The first-order chi connectivity index (χ1) is 9.43. The Hall–Kier alpha value is -1.06. The van der Waals surface area contributed by atoms with Crippen LogP contribution in [0.15, 0.2) is 24.3 Å². The Kier molecular flexibility index (Phi) is 4.71. The molecule has 112 valence electrons. The Balaban J connectivity index is 1.97. The molecule has 3 heteroatoms. The molecule has 0 heterocycles.